The lowest BCUT2D eigenvalue weighted by Gasteiger charge is -2.03. The van der Waals surface area contributed by atoms with E-state index in [1.54, 1.807) is 18.5 Å². The maximum atomic E-state index is 13.1. The minimum absolute atomic E-state index is 0.276. The average Bonchev–Trinajstić information content (AvgIpc) is 2.61. The monoisotopic (exact) mass is 219 g/mol. The van der Waals surface area contributed by atoms with Crippen molar-refractivity contribution < 1.29 is 4.39 Å². The van der Waals surface area contributed by atoms with Gasteiger partial charge in [-0.15, -0.1) is 0 Å². The van der Waals surface area contributed by atoms with E-state index >= 15 is 0 Å². The van der Waals surface area contributed by atoms with Gasteiger partial charge >= 0.3 is 0 Å². The molecule has 4 heteroatoms. The predicted octanol–water partition coefficient (Wildman–Crippen LogP) is 2.68. The van der Waals surface area contributed by atoms with Crippen molar-refractivity contribution in [2.75, 3.05) is 5.73 Å². The SMILES string of the molecule is CCCn1cnc(-c2cccc(F)c2)c1N. The van der Waals surface area contributed by atoms with Crippen molar-refractivity contribution in [3.8, 4) is 11.3 Å². The number of hydrogen-bond acceptors (Lipinski definition) is 2. The van der Waals surface area contributed by atoms with Crippen molar-refractivity contribution in [3.05, 3.63) is 36.4 Å². The standard InChI is InChI=1S/C12H14FN3/c1-2-6-16-8-15-11(12(16)14)9-4-3-5-10(13)7-9/h3-5,7-8H,2,6,14H2,1H3. The van der Waals surface area contributed by atoms with E-state index < -0.39 is 0 Å². The van der Waals surface area contributed by atoms with E-state index in [1.165, 1.54) is 12.1 Å². The topological polar surface area (TPSA) is 43.8 Å². The zero-order valence-corrected chi connectivity index (χ0v) is 9.15. The number of halogens is 1. The third kappa shape index (κ3) is 1.91. The number of rotatable bonds is 3. The molecule has 0 unspecified atom stereocenters. The van der Waals surface area contributed by atoms with Crippen LogP contribution in [0, 0.1) is 5.82 Å². The average molecular weight is 219 g/mol. The number of nitrogens with two attached hydrogens (primary N) is 1. The number of nitrogens with zero attached hydrogens (tertiary/aromatic N) is 2. The first-order chi connectivity index (χ1) is 7.72. The highest BCUT2D eigenvalue weighted by Crippen LogP contribution is 2.24. The lowest BCUT2D eigenvalue weighted by Crippen LogP contribution is -2.01. The Balaban J connectivity index is 2.41. The number of nitrogen functional groups attached to an aromatic ring is 1. The molecule has 1 aromatic heterocycles. The van der Waals surface area contributed by atoms with E-state index in [1.807, 2.05) is 4.57 Å². The summed E-state index contributed by atoms with van der Waals surface area (Å²) in [6, 6.07) is 6.30. The number of hydrogen-bond donors (Lipinski definition) is 1. The molecule has 1 aromatic carbocycles. The van der Waals surface area contributed by atoms with Crippen LogP contribution in [0.4, 0.5) is 10.2 Å². The zero-order chi connectivity index (χ0) is 11.5. The molecule has 0 amide bonds. The summed E-state index contributed by atoms with van der Waals surface area (Å²) in [5.74, 6) is 0.314. The minimum Gasteiger partial charge on any atom is -0.383 e. The summed E-state index contributed by atoms with van der Waals surface area (Å²) in [5.41, 5.74) is 7.31. The molecule has 3 nitrogen and oxygen atoms in total. The highest BCUT2D eigenvalue weighted by Gasteiger charge is 2.09. The van der Waals surface area contributed by atoms with Crippen LogP contribution in [0.5, 0.6) is 0 Å². The second-order valence-electron chi connectivity index (χ2n) is 3.68. The molecule has 84 valence electrons. The fourth-order valence-corrected chi connectivity index (χ4v) is 1.67. The van der Waals surface area contributed by atoms with Gasteiger partial charge in [-0.2, -0.15) is 0 Å². The van der Waals surface area contributed by atoms with E-state index in [0.717, 1.165) is 13.0 Å². The summed E-state index contributed by atoms with van der Waals surface area (Å²) in [4.78, 5) is 4.22. The van der Waals surface area contributed by atoms with Crippen LogP contribution in [0.3, 0.4) is 0 Å². The van der Waals surface area contributed by atoms with Crippen molar-refractivity contribution in [2.24, 2.45) is 0 Å². The Morgan fingerprint density at radius 2 is 2.25 bits per heavy atom. The minimum atomic E-state index is -0.276. The van der Waals surface area contributed by atoms with Crippen molar-refractivity contribution in [1.82, 2.24) is 9.55 Å². The molecule has 0 spiro atoms. The van der Waals surface area contributed by atoms with Crippen LogP contribution in [0.2, 0.25) is 0 Å². The van der Waals surface area contributed by atoms with Crippen molar-refractivity contribution in [1.29, 1.82) is 0 Å². The molecule has 0 aliphatic rings. The van der Waals surface area contributed by atoms with Crippen LogP contribution in [-0.2, 0) is 6.54 Å². The summed E-state index contributed by atoms with van der Waals surface area (Å²) in [5, 5.41) is 0. The Hall–Kier alpha value is -1.84. The van der Waals surface area contributed by atoms with Gasteiger partial charge in [-0.1, -0.05) is 19.1 Å². The number of imidazole rings is 1. The van der Waals surface area contributed by atoms with Gasteiger partial charge in [-0.05, 0) is 18.6 Å². The third-order valence-electron chi connectivity index (χ3n) is 2.44. The van der Waals surface area contributed by atoms with Crippen molar-refractivity contribution >= 4 is 5.82 Å². The second-order valence-corrected chi connectivity index (χ2v) is 3.68. The maximum Gasteiger partial charge on any atom is 0.131 e. The number of aromatic nitrogens is 2. The van der Waals surface area contributed by atoms with Gasteiger partial charge in [0, 0.05) is 12.1 Å². The maximum absolute atomic E-state index is 13.1. The molecule has 2 rings (SSSR count). The molecular formula is C12H14FN3. The fourth-order valence-electron chi connectivity index (χ4n) is 1.67. The molecule has 0 saturated heterocycles. The summed E-state index contributed by atoms with van der Waals surface area (Å²) in [6.45, 7) is 2.90. The van der Waals surface area contributed by atoms with Crippen LogP contribution in [0.25, 0.3) is 11.3 Å². The molecule has 0 radical (unpaired) electrons. The normalized spacial score (nSPS) is 10.6. The van der Waals surface area contributed by atoms with Gasteiger partial charge in [-0.25, -0.2) is 9.37 Å². The number of benzene rings is 1. The number of aryl methyl sites for hydroxylation is 1. The summed E-state index contributed by atoms with van der Waals surface area (Å²) >= 11 is 0. The van der Waals surface area contributed by atoms with Gasteiger partial charge in [0.05, 0.1) is 6.33 Å². The van der Waals surface area contributed by atoms with Gasteiger partial charge in [0.2, 0.25) is 0 Å². The van der Waals surface area contributed by atoms with Crippen molar-refractivity contribution in [3.63, 3.8) is 0 Å². The summed E-state index contributed by atoms with van der Waals surface area (Å²) in [6.07, 6.45) is 2.68. The molecule has 0 saturated carbocycles. The van der Waals surface area contributed by atoms with Gasteiger partial charge in [-0.3, -0.25) is 0 Å². The Morgan fingerprint density at radius 1 is 1.44 bits per heavy atom. The molecular weight excluding hydrogens is 205 g/mol. The quantitative estimate of drug-likeness (QED) is 0.862. The van der Waals surface area contributed by atoms with E-state index in [-0.39, 0.29) is 5.82 Å². The first kappa shape index (κ1) is 10.7. The highest BCUT2D eigenvalue weighted by atomic mass is 19.1. The molecule has 0 atom stereocenters. The fraction of sp³-hybridized carbons (Fsp3) is 0.250. The molecule has 0 aliphatic heterocycles. The molecule has 16 heavy (non-hydrogen) atoms. The predicted molar refractivity (Wildman–Crippen MR) is 62.3 cm³/mol. The van der Waals surface area contributed by atoms with Crippen LogP contribution in [0.15, 0.2) is 30.6 Å². The van der Waals surface area contributed by atoms with E-state index in [9.17, 15) is 4.39 Å². The van der Waals surface area contributed by atoms with E-state index in [4.69, 9.17) is 5.73 Å². The smallest absolute Gasteiger partial charge is 0.131 e. The number of anilines is 1. The van der Waals surface area contributed by atoms with Gasteiger partial charge in [0.15, 0.2) is 0 Å². The lowest BCUT2D eigenvalue weighted by atomic mass is 10.1. The molecule has 0 bridgehead atoms. The van der Waals surface area contributed by atoms with Crippen molar-refractivity contribution in [2.45, 2.75) is 19.9 Å². The zero-order valence-electron chi connectivity index (χ0n) is 9.15. The Bertz CT molecular complexity index is 491. The molecule has 1 heterocycles. The van der Waals surface area contributed by atoms with Crippen LogP contribution < -0.4 is 5.73 Å². The van der Waals surface area contributed by atoms with E-state index in [0.29, 0.717) is 17.1 Å². The van der Waals surface area contributed by atoms with E-state index in [2.05, 4.69) is 11.9 Å². The Labute approximate surface area is 93.7 Å². The molecule has 0 fully saturated rings. The van der Waals surface area contributed by atoms with Gasteiger partial charge in [0.25, 0.3) is 0 Å². The van der Waals surface area contributed by atoms with Crippen LogP contribution >= 0.6 is 0 Å². The Morgan fingerprint density at radius 3 is 2.94 bits per heavy atom. The Kier molecular flexibility index (Phi) is 2.90. The third-order valence-corrected chi connectivity index (χ3v) is 2.44. The molecule has 0 aliphatic carbocycles. The van der Waals surface area contributed by atoms with Gasteiger partial charge < -0.3 is 10.3 Å². The second kappa shape index (κ2) is 4.35. The van der Waals surface area contributed by atoms with Crippen LogP contribution in [0.1, 0.15) is 13.3 Å². The first-order valence-corrected chi connectivity index (χ1v) is 5.29. The van der Waals surface area contributed by atoms with Crippen LogP contribution in [-0.4, -0.2) is 9.55 Å². The summed E-state index contributed by atoms with van der Waals surface area (Å²) in [7, 11) is 0. The largest absolute Gasteiger partial charge is 0.383 e. The molecule has 2 N–H and O–H groups in total. The van der Waals surface area contributed by atoms with Gasteiger partial charge in [0.1, 0.15) is 17.3 Å². The first-order valence-electron chi connectivity index (χ1n) is 5.29. The summed E-state index contributed by atoms with van der Waals surface area (Å²) < 4.78 is 14.9. The molecule has 2 aromatic rings. The highest BCUT2D eigenvalue weighted by molar-refractivity contribution is 5.70. The lowest BCUT2D eigenvalue weighted by molar-refractivity contribution is 0.628.